The number of aryl methyl sites for hydroxylation is 1. The van der Waals surface area contributed by atoms with Gasteiger partial charge in [0.05, 0.1) is 6.04 Å². The quantitative estimate of drug-likeness (QED) is 0.742. The fourth-order valence-corrected chi connectivity index (χ4v) is 2.10. The van der Waals surface area contributed by atoms with Gasteiger partial charge in [-0.15, -0.1) is 0 Å². The van der Waals surface area contributed by atoms with Gasteiger partial charge in [-0.25, -0.2) is 0 Å². The summed E-state index contributed by atoms with van der Waals surface area (Å²) >= 11 is 0. The van der Waals surface area contributed by atoms with Crippen LogP contribution in [0.25, 0.3) is 0 Å². The van der Waals surface area contributed by atoms with E-state index in [1.54, 1.807) is 0 Å². The molecule has 1 aromatic carbocycles. The summed E-state index contributed by atoms with van der Waals surface area (Å²) in [6.07, 6.45) is 1.46. The zero-order valence-corrected chi connectivity index (χ0v) is 12.5. The van der Waals surface area contributed by atoms with Gasteiger partial charge < -0.3 is 10.6 Å². The fourth-order valence-electron chi connectivity index (χ4n) is 2.10. The molecule has 0 aliphatic carbocycles. The highest BCUT2D eigenvalue weighted by Crippen LogP contribution is 2.16. The third-order valence-corrected chi connectivity index (χ3v) is 3.17. The first kappa shape index (κ1) is 15.7. The molecule has 1 unspecified atom stereocenters. The number of amides is 1. The highest BCUT2D eigenvalue weighted by Gasteiger charge is 2.10. The van der Waals surface area contributed by atoms with Crippen LogP contribution in [0, 0.1) is 6.92 Å². The van der Waals surface area contributed by atoms with Crippen molar-refractivity contribution >= 4 is 5.91 Å². The smallest absolute Gasteiger partial charge is 0.220 e. The van der Waals surface area contributed by atoms with E-state index in [-0.39, 0.29) is 11.9 Å². The lowest BCUT2D eigenvalue weighted by Gasteiger charge is -2.16. The number of nitrogens with one attached hydrogen (secondary N) is 2. The topological polar surface area (TPSA) is 41.1 Å². The number of rotatable bonds is 7. The van der Waals surface area contributed by atoms with E-state index in [4.69, 9.17) is 0 Å². The lowest BCUT2D eigenvalue weighted by Crippen LogP contribution is -2.29. The lowest BCUT2D eigenvalue weighted by atomic mass is 10.0. The highest BCUT2D eigenvalue weighted by molar-refractivity contribution is 5.76. The summed E-state index contributed by atoms with van der Waals surface area (Å²) in [7, 11) is 0. The van der Waals surface area contributed by atoms with Crippen LogP contribution in [0.4, 0.5) is 0 Å². The molecule has 1 aromatic rings. The summed E-state index contributed by atoms with van der Waals surface area (Å²) in [4.78, 5) is 11.8. The molecule has 0 saturated heterocycles. The first-order valence-corrected chi connectivity index (χ1v) is 7.09. The minimum Gasteiger partial charge on any atom is -0.350 e. The minimum atomic E-state index is 0.0757. The van der Waals surface area contributed by atoms with Gasteiger partial charge in [0.25, 0.3) is 0 Å². The lowest BCUT2D eigenvalue weighted by molar-refractivity contribution is -0.121. The number of carbonyl (C=O) groups excluding carboxylic acids is 1. The van der Waals surface area contributed by atoms with Gasteiger partial charge in [-0.1, -0.05) is 38.1 Å². The van der Waals surface area contributed by atoms with Crippen molar-refractivity contribution in [1.29, 1.82) is 0 Å². The molecule has 0 spiro atoms. The zero-order chi connectivity index (χ0) is 14.3. The Morgan fingerprint density at radius 3 is 2.53 bits per heavy atom. The van der Waals surface area contributed by atoms with Crippen LogP contribution >= 0.6 is 0 Å². The van der Waals surface area contributed by atoms with Crippen molar-refractivity contribution in [2.24, 2.45) is 0 Å². The van der Waals surface area contributed by atoms with Crippen LogP contribution in [-0.2, 0) is 4.79 Å². The normalized spacial score (nSPS) is 12.5. The predicted octanol–water partition coefficient (Wildman–Crippen LogP) is 2.95. The van der Waals surface area contributed by atoms with Gasteiger partial charge in [-0.05, 0) is 37.9 Å². The summed E-state index contributed by atoms with van der Waals surface area (Å²) in [5.74, 6) is 0.126. The van der Waals surface area contributed by atoms with Crippen molar-refractivity contribution in [3.8, 4) is 0 Å². The van der Waals surface area contributed by atoms with Crippen molar-refractivity contribution < 1.29 is 4.79 Å². The molecule has 0 aliphatic rings. The van der Waals surface area contributed by atoms with Crippen LogP contribution in [0.2, 0.25) is 0 Å². The number of carbonyl (C=O) groups is 1. The van der Waals surface area contributed by atoms with Gasteiger partial charge in [0.1, 0.15) is 0 Å². The van der Waals surface area contributed by atoms with Crippen molar-refractivity contribution in [2.75, 3.05) is 6.54 Å². The minimum absolute atomic E-state index is 0.0757. The second kappa shape index (κ2) is 7.95. The second-order valence-electron chi connectivity index (χ2n) is 5.36. The van der Waals surface area contributed by atoms with Crippen LogP contribution in [0.5, 0.6) is 0 Å². The number of benzene rings is 1. The standard InChI is InChI=1S/C16H26N2O/c1-12(2)17-11-7-10-16(19)18-14(4)15-9-6-5-8-13(15)3/h5-6,8-9,12,14,17H,7,10-11H2,1-4H3,(H,18,19). The highest BCUT2D eigenvalue weighted by atomic mass is 16.1. The van der Waals surface area contributed by atoms with E-state index < -0.39 is 0 Å². The van der Waals surface area contributed by atoms with E-state index in [2.05, 4.69) is 43.5 Å². The van der Waals surface area contributed by atoms with E-state index in [0.717, 1.165) is 13.0 Å². The average Bonchev–Trinajstić information content (AvgIpc) is 2.35. The van der Waals surface area contributed by atoms with Crippen LogP contribution in [0.15, 0.2) is 24.3 Å². The fraction of sp³-hybridized carbons (Fsp3) is 0.562. The largest absolute Gasteiger partial charge is 0.350 e. The predicted molar refractivity (Wildman–Crippen MR) is 80.1 cm³/mol. The Kier molecular flexibility index (Phi) is 6.57. The van der Waals surface area contributed by atoms with E-state index in [0.29, 0.717) is 12.5 Å². The molecule has 1 rings (SSSR count). The molecular formula is C16H26N2O. The van der Waals surface area contributed by atoms with Gasteiger partial charge in [0.2, 0.25) is 5.91 Å². The first-order valence-electron chi connectivity index (χ1n) is 7.09. The molecule has 3 heteroatoms. The maximum absolute atomic E-state index is 11.8. The van der Waals surface area contributed by atoms with Crippen molar-refractivity contribution in [3.63, 3.8) is 0 Å². The maximum atomic E-state index is 11.8. The second-order valence-corrected chi connectivity index (χ2v) is 5.36. The molecule has 2 N–H and O–H groups in total. The number of hydrogen-bond donors (Lipinski definition) is 2. The SMILES string of the molecule is Cc1ccccc1C(C)NC(=O)CCCNC(C)C. The Bertz CT molecular complexity index is 401. The van der Waals surface area contributed by atoms with Crippen molar-refractivity contribution in [3.05, 3.63) is 35.4 Å². The zero-order valence-electron chi connectivity index (χ0n) is 12.5. The molecule has 19 heavy (non-hydrogen) atoms. The summed E-state index contributed by atoms with van der Waals surface area (Å²) in [5, 5.41) is 6.37. The van der Waals surface area contributed by atoms with E-state index >= 15 is 0 Å². The van der Waals surface area contributed by atoms with Gasteiger partial charge in [-0.3, -0.25) is 4.79 Å². The Balaban J connectivity index is 2.34. The van der Waals surface area contributed by atoms with Crippen LogP contribution in [0.1, 0.15) is 50.8 Å². The number of hydrogen-bond acceptors (Lipinski definition) is 2. The van der Waals surface area contributed by atoms with Gasteiger partial charge in [0.15, 0.2) is 0 Å². The molecule has 3 nitrogen and oxygen atoms in total. The molecule has 0 aromatic heterocycles. The van der Waals surface area contributed by atoms with Crippen LogP contribution < -0.4 is 10.6 Å². The molecule has 106 valence electrons. The van der Waals surface area contributed by atoms with Gasteiger partial charge >= 0.3 is 0 Å². The Labute approximate surface area is 116 Å². The third kappa shape index (κ3) is 5.88. The van der Waals surface area contributed by atoms with Gasteiger partial charge in [-0.2, -0.15) is 0 Å². The first-order chi connectivity index (χ1) is 9.00. The van der Waals surface area contributed by atoms with Crippen LogP contribution in [-0.4, -0.2) is 18.5 Å². The summed E-state index contributed by atoms with van der Waals surface area (Å²) in [6, 6.07) is 8.73. The molecule has 1 atom stereocenters. The Morgan fingerprint density at radius 2 is 1.89 bits per heavy atom. The van der Waals surface area contributed by atoms with Crippen LogP contribution in [0.3, 0.4) is 0 Å². The molecule has 0 heterocycles. The molecule has 0 radical (unpaired) electrons. The molecule has 0 fully saturated rings. The third-order valence-electron chi connectivity index (χ3n) is 3.17. The molecular weight excluding hydrogens is 236 g/mol. The van der Waals surface area contributed by atoms with E-state index in [9.17, 15) is 4.79 Å². The Morgan fingerprint density at radius 1 is 1.21 bits per heavy atom. The summed E-state index contributed by atoms with van der Waals surface area (Å²) in [6.45, 7) is 9.22. The summed E-state index contributed by atoms with van der Waals surface area (Å²) in [5.41, 5.74) is 2.41. The van der Waals surface area contributed by atoms with Crippen molar-refractivity contribution in [2.45, 2.75) is 52.6 Å². The van der Waals surface area contributed by atoms with E-state index in [1.807, 2.05) is 19.1 Å². The molecule has 0 saturated carbocycles. The molecule has 0 bridgehead atoms. The van der Waals surface area contributed by atoms with Crippen molar-refractivity contribution in [1.82, 2.24) is 10.6 Å². The average molecular weight is 262 g/mol. The summed E-state index contributed by atoms with van der Waals surface area (Å²) < 4.78 is 0. The maximum Gasteiger partial charge on any atom is 0.220 e. The Hall–Kier alpha value is -1.35. The van der Waals surface area contributed by atoms with E-state index in [1.165, 1.54) is 11.1 Å². The monoisotopic (exact) mass is 262 g/mol. The van der Waals surface area contributed by atoms with Gasteiger partial charge in [0, 0.05) is 12.5 Å². The molecule has 0 aliphatic heterocycles. The molecule has 1 amide bonds.